The maximum atomic E-state index is 11.5. The average Bonchev–Trinajstić information content (AvgIpc) is 2.74. The van der Waals surface area contributed by atoms with Crippen LogP contribution in [0.4, 0.5) is 0 Å². The number of nitrogens with one attached hydrogen (secondary N) is 2. The number of hydrogen-bond donors (Lipinski definition) is 2. The van der Waals surface area contributed by atoms with Gasteiger partial charge in [0, 0.05) is 23.9 Å². The molecule has 0 fully saturated rings. The highest BCUT2D eigenvalue weighted by molar-refractivity contribution is 7.09. The Morgan fingerprint density at radius 2 is 2.11 bits per heavy atom. The summed E-state index contributed by atoms with van der Waals surface area (Å²) < 4.78 is 0. The molecule has 0 aliphatic rings. The molecule has 1 aromatic heterocycles. The Morgan fingerprint density at radius 3 is 2.63 bits per heavy atom. The fourth-order valence-corrected chi connectivity index (χ4v) is 2.32. The third-order valence-corrected chi connectivity index (χ3v) is 3.81. The van der Waals surface area contributed by atoms with E-state index in [1.165, 1.54) is 0 Å². The smallest absolute Gasteiger partial charge is 0.233 e. The zero-order chi connectivity index (χ0) is 14.5. The van der Waals surface area contributed by atoms with Gasteiger partial charge < -0.3 is 10.6 Å². The first-order valence-corrected chi connectivity index (χ1v) is 7.59. The lowest BCUT2D eigenvalue weighted by atomic mass is 9.98. The fraction of sp³-hybridized carbons (Fsp3) is 0.714. The third kappa shape index (κ3) is 6.16. The number of amides is 1. The number of carbonyl (C=O) groups is 1. The van der Waals surface area contributed by atoms with E-state index >= 15 is 0 Å². The Kier molecular flexibility index (Phi) is 5.94. The predicted octanol–water partition coefficient (Wildman–Crippen LogP) is 2.30. The molecule has 19 heavy (non-hydrogen) atoms. The van der Waals surface area contributed by atoms with Gasteiger partial charge in [0.05, 0.1) is 17.2 Å². The van der Waals surface area contributed by atoms with Gasteiger partial charge in [0.2, 0.25) is 5.91 Å². The molecule has 0 aliphatic heterocycles. The van der Waals surface area contributed by atoms with Crippen LogP contribution in [0.3, 0.4) is 0 Å². The van der Waals surface area contributed by atoms with Crippen LogP contribution in [0, 0.1) is 5.92 Å². The molecule has 0 spiro atoms. The van der Waals surface area contributed by atoms with Gasteiger partial charge >= 0.3 is 0 Å². The standard InChI is InChI=1S/C14H25N3OS/c1-10(2)6-16-12(18)8-15-7-11-9-19-13(17-11)14(3,4)5/h9-10,15H,6-8H2,1-5H3,(H,16,18). The van der Waals surface area contributed by atoms with Crippen molar-refractivity contribution in [3.63, 3.8) is 0 Å². The van der Waals surface area contributed by atoms with Crippen LogP contribution in [0.15, 0.2) is 5.38 Å². The number of rotatable bonds is 6. The van der Waals surface area contributed by atoms with E-state index in [1.807, 2.05) is 0 Å². The van der Waals surface area contributed by atoms with Crippen LogP contribution in [0.25, 0.3) is 0 Å². The molecule has 0 atom stereocenters. The summed E-state index contributed by atoms with van der Waals surface area (Å²) in [6.07, 6.45) is 0. The van der Waals surface area contributed by atoms with Crippen molar-refractivity contribution in [1.82, 2.24) is 15.6 Å². The van der Waals surface area contributed by atoms with Crippen molar-refractivity contribution < 1.29 is 4.79 Å². The van der Waals surface area contributed by atoms with E-state index in [2.05, 4.69) is 55.6 Å². The molecule has 1 aromatic rings. The molecule has 0 aliphatic carbocycles. The summed E-state index contributed by atoms with van der Waals surface area (Å²) in [6.45, 7) is 12.3. The molecule has 2 N–H and O–H groups in total. The van der Waals surface area contributed by atoms with Gasteiger partial charge in [0.15, 0.2) is 0 Å². The van der Waals surface area contributed by atoms with E-state index in [9.17, 15) is 4.79 Å². The molecular weight excluding hydrogens is 258 g/mol. The van der Waals surface area contributed by atoms with Gasteiger partial charge in [0.1, 0.15) is 0 Å². The third-order valence-electron chi connectivity index (χ3n) is 2.49. The second-order valence-corrected chi connectivity index (χ2v) is 7.05. The number of thiazole rings is 1. The van der Waals surface area contributed by atoms with Crippen molar-refractivity contribution in [1.29, 1.82) is 0 Å². The molecule has 0 saturated heterocycles. The van der Waals surface area contributed by atoms with E-state index in [1.54, 1.807) is 11.3 Å². The predicted molar refractivity (Wildman–Crippen MR) is 80.4 cm³/mol. The SMILES string of the molecule is CC(C)CNC(=O)CNCc1csc(C(C)(C)C)n1. The van der Waals surface area contributed by atoms with Crippen molar-refractivity contribution in [2.75, 3.05) is 13.1 Å². The van der Waals surface area contributed by atoms with Crippen molar-refractivity contribution in [3.05, 3.63) is 16.1 Å². The van der Waals surface area contributed by atoms with Crippen LogP contribution >= 0.6 is 11.3 Å². The van der Waals surface area contributed by atoms with Crippen LogP contribution in [-0.4, -0.2) is 24.0 Å². The monoisotopic (exact) mass is 283 g/mol. The summed E-state index contributed by atoms with van der Waals surface area (Å²) in [7, 11) is 0. The molecule has 0 saturated carbocycles. The van der Waals surface area contributed by atoms with Crippen LogP contribution in [-0.2, 0) is 16.8 Å². The van der Waals surface area contributed by atoms with Crippen LogP contribution in [0.5, 0.6) is 0 Å². The van der Waals surface area contributed by atoms with Gasteiger partial charge in [-0.2, -0.15) is 0 Å². The summed E-state index contributed by atoms with van der Waals surface area (Å²) in [4.78, 5) is 16.1. The Hall–Kier alpha value is -0.940. The van der Waals surface area contributed by atoms with Gasteiger partial charge in [0.25, 0.3) is 0 Å². The van der Waals surface area contributed by atoms with Crippen molar-refractivity contribution in [2.45, 2.75) is 46.6 Å². The minimum Gasteiger partial charge on any atom is -0.355 e. The number of aromatic nitrogens is 1. The first kappa shape index (κ1) is 16.1. The lowest BCUT2D eigenvalue weighted by Gasteiger charge is -2.13. The summed E-state index contributed by atoms with van der Waals surface area (Å²) in [5, 5.41) is 9.19. The first-order chi connectivity index (χ1) is 8.79. The Labute approximate surface area is 120 Å². The number of nitrogens with zero attached hydrogens (tertiary/aromatic N) is 1. The molecular formula is C14H25N3OS. The van der Waals surface area contributed by atoms with Gasteiger partial charge in [-0.05, 0) is 5.92 Å². The van der Waals surface area contributed by atoms with Gasteiger partial charge in [-0.15, -0.1) is 11.3 Å². The second-order valence-electron chi connectivity index (χ2n) is 6.20. The summed E-state index contributed by atoms with van der Waals surface area (Å²) in [6, 6.07) is 0. The van der Waals surface area contributed by atoms with Gasteiger partial charge in [-0.1, -0.05) is 34.6 Å². The van der Waals surface area contributed by atoms with E-state index in [0.29, 0.717) is 19.0 Å². The molecule has 4 nitrogen and oxygen atoms in total. The van der Waals surface area contributed by atoms with Crippen molar-refractivity contribution in [3.8, 4) is 0 Å². The number of carbonyl (C=O) groups excluding carboxylic acids is 1. The lowest BCUT2D eigenvalue weighted by Crippen LogP contribution is -2.35. The van der Waals surface area contributed by atoms with E-state index in [4.69, 9.17) is 0 Å². The Bertz CT molecular complexity index is 407. The molecule has 1 amide bonds. The van der Waals surface area contributed by atoms with Crippen molar-refractivity contribution in [2.24, 2.45) is 5.92 Å². The summed E-state index contributed by atoms with van der Waals surface area (Å²) in [5.41, 5.74) is 1.10. The molecule has 0 unspecified atom stereocenters. The molecule has 108 valence electrons. The highest BCUT2D eigenvalue weighted by Gasteiger charge is 2.17. The maximum absolute atomic E-state index is 11.5. The van der Waals surface area contributed by atoms with Gasteiger partial charge in [-0.3, -0.25) is 4.79 Å². The zero-order valence-corrected chi connectivity index (χ0v) is 13.4. The molecule has 0 bridgehead atoms. The minimum atomic E-state index is 0.0416. The molecule has 5 heteroatoms. The van der Waals surface area contributed by atoms with E-state index in [-0.39, 0.29) is 11.3 Å². The van der Waals surface area contributed by atoms with Crippen LogP contribution < -0.4 is 10.6 Å². The highest BCUT2D eigenvalue weighted by atomic mass is 32.1. The zero-order valence-electron chi connectivity index (χ0n) is 12.5. The lowest BCUT2D eigenvalue weighted by molar-refractivity contribution is -0.120. The topological polar surface area (TPSA) is 54.0 Å². The van der Waals surface area contributed by atoms with E-state index < -0.39 is 0 Å². The highest BCUT2D eigenvalue weighted by Crippen LogP contribution is 2.25. The first-order valence-electron chi connectivity index (χ1n) is 6.71. The van der Waals surface area contributed by atoms with E-state index in [0.717, 1.165) is 17.2 Å². The van der Waals surface area contributed by atoms with Crippen molar-refractivity contribution >= 4 is 17.2 Å². The second kappa shape index (κ2) is 7.01. The Morgan fingerprint density at radius 1 is 1.42 bits per heavy atom. The minimum absolute atomic E-state index is 0.0416. The normalized spacial score (nSPS) is 11.9. The summed E-state index contributed by atoms with van der Waals surface area (Å²) >= 11 is 1.68. The summed E-state index contributed by atoms with van der Waals surface area (Å²) in [5.74, 6) is 0.525. The van der Waals surface area contributed by atoms with Crippen LogP contribution in [0.2, 0.25) is 0 Å². The quantitative estimate of drug-likeness (QED) is 0.842. The average molecular weight is 283 g/mol. The van der Waals surface area contributed by atoms with Gasteiger partial charge in [-0.25, -0.2) is 4.98 Å². The molecule has 1 rings (SSSR count). The fourth-order valence-electron chi connectivity index (χ4n) is 1.42. The molecule has 0 aromatic carbocycles. The van der Waals surface area contributed by atoms with Crippen LogP contribution in [0.1, 0.15) is 45.3 Å². The number of hydrogen-bond acceptors (Lipinski definition) is 4. The maximum Gasteiger partial charge on any atom is 0.233 e. The largest absolute Gasteiger partial charge is 0.355 e. The Balaban J connectivity index is 2.30. The molecule has 0 radical (unpaired) electrons. The molecule has 1 heterocycles.